The third-order valence-electron chi connectivity index (χ3n) is 2.26. The molecule has 0 saturated carbocycles. The van der Waals surface area contributed by atoms with E-state index in [1.165, 1.54) is 4.88 Å². The van der Waals surface area contributed by atoms with Gasteiger partial charge in [0, 0.05) is 29.4 Å². The van der Waals surface area contributed by atoms with Crippen molar-refractivity contribution in [2.24, 2.45) is 0 Å². The molecule has 0 radical (unpaired) electrons. The zero-order valence-electron chi connectivity index (χ0n) is 9.27. The van der Waals surface area contributed by atoms with Crippen LogP contribution in [0.5, 0.6) is 0 Å². The summed E-state index contributed by atoms with van der Waals surface area (Å²) >= 11 is 1.75. The minimum atomic E-state index is 0.467. The highest BCUT2D eigenvalue weighted by Crippen LogP contribution is 2.17. The molecule has 2 aromatic heterocycles. The average Bonchev–Trinajstić information content (AvgIpc) is 2.75. The zero-order valence-corrected chi connectivity index (χ0v) is 10.1. The molecule has 0 aliphatic carbocycles. The molecule has 0 spiro atoms. The van der Waals surface area contributed by atoms with E-state index in [-0.39, 0.29) is 0 Å². The predicted molar refractivity (Wildman–Crippen MR) is 62.3 cm³/mol. The second-order valence-electron chi connectivity index (χ2n) is 3.91. The summed E-state index contributed by atoms with van der Waals surface area (Å²) in [5, 5.41) is 1.12. The molecule has 0 saturated heterocycles. The fourth-order valence-corrected chi connectivity index (χ4v) is 2.40. The number of imidazole rings is 1. The topological polar surface area (TPSA) is 30.7 Å². The summed E-state index contributed by atoms with van der Waals surface area (Å²) in [7, 11) is 0. The van der Waals surface area contributed by atoms with Crippen LogP contribution in [-0.4, -0.2) is 14.5 Å². The maximum Gasteiger partial charge on any atom is 0.111 e. The molecule has 0 aliphatic heterocycles. The first-order valence-electron chi connectivity index (χ1n) is 5.09. The van der Waals surface area contributed by atoms with Gasteiger partial charge >= 0.3 is 0 Å². The average molecular weight is 221 g/mol. The molecule has 0 bridgehead atoms. The van der Waals surface area contributed by atoms with Crippen molar-refractivity contribution in [1.82, 2.24) is 14.5 Å². The standard InChI is InChI=1S/C11H15N3S/c1-8(2)11-12-4-5-14(11)7-10-6-13-9(3)15-10/h4-6,8H,7H2,1-3H3. The molecule has 0 unspecified atom stereocenters. The summed E-state index contributed by atoms with van der Waals surface area (Å²) in [5.74, 6) is 1.61. The molecular weight excluding hydrogens is 206 g/mol. The Hall–Kier alpha value is -1.16. The molecular formula is C11H15N3S. The van der Waals surface area contributed by atoms with Gasteiger partial charge in [-0.25, -0.2) is 9.97 Å². The van der Waals surface area contributed by atoms with E-state index in [1.54, 1.807) is 11.3 Å². The molecule has 2 rings (SSSR count). The number of aryl methyl sites for hydroxylation is 1. The smallest absolute Gasteiger partial charge is 0.111 e. The number of nitrogens with zero attached hydrogens (tertiary/aromatic N) is 3. The number of hydrogen-bond acceptors (Lipinski definition) is 3. The van der Waals surface area contributed by atoms with E-state index < -0.39 is 0 Å². The molecule has 3 nitrogen and oxygen atoms in total. The van der Waals surface area contributed by atoms with Crippen LogP contribution in [0.15, 0.2) is 18.6 Å². The maximum absolute atomic E-state index is 4.37. The van der Waals surface area contributed by atoms with E-state index >= 15 is 0 Å². The van der Waals surface area contributed by atoms with Crippen LogP contribution >= 0.6 is 11.3 Å². The van der Waals surface area contributed by atoms with E-state index in [0.29, 0.717) is 5.92 Å². The molecule has 2 aromatic rings. The molecule has 0 atom stereocenters. The van der Waals surface area contributed by atoms with Gasteiger partial charge in [-0.3, -0.25) is 0 Å². The fourth-order valence-electron chi connectivity index (χ4n) is 1.60. The van der Waals surface area contributed by atoms with Gasteiger partial charge in [0.1, 0.15) is 5.82 Å². The van der Waals surface area contributed by atoms with Crippen molar-refractivity contribution in [3.63, 3.8) is 0 Å². The Morgan fingerprint density at radius 3 is 2.80 bits per heavy atom. The largest absolute Gasteiger partial charge is 0.329 e. The number of hydrogen-bond donors (Lipinski definition) is 0. The zero-order chi connectivity index (χ0) is 10.8. The second-order valence-corrected chi connectivity index (χ2v) is 5.23. The normalized spacial score (nSPS) is 11.2. The molecule has 2 heterocycles. The highest BCUT2D eigenvalue weighted by atomic mass is 32.1. The molecule has 0 N–H and O–H groups in total. The van der Waals surface area contributed by atoms with Crippen molar-refractivity contribution in [2.75, 3.05) is 0 Å². The van der Waals surface area contributed by atoms with Crippen molar-refractivity contribution in [3.8, 4) is 0 Å². The van der Waals surface area contributed by atoms with Gasteiger partial charge in [0.2, 0.25) is 0 Å². The van der Waals surface area contributed by atoms with Crippen LogP contribution in [0.2, 0.25) is 0 Å². The van der Waals surface area contributed by atoms with Gasteiger partial charge in [-0.2, -0.15) is 0 Å². The van der Waals surface area contributed by atoms with E-state index in [9.17, 15) is 0 Å². The van der Waals surface area contributed by atoms with Gasteiger partial charge in [-0.15, -0.1) is 11.3 Å². The SMILES string of the molecule is Cc1ncc(Cn2ccnc2C(C)C)s1. The lowest BCUT2D eigenvalue weighted by atomic mass is 10.2. The second kappa shape index (κ2) is 4.14. The fraction of sp³-hybridized carbons (Fsp3) is 0.455. The lowest BCUT2D eigenvalue weighted by Crippen LogP contribution is -2.04. The van der Waals surface area contributed by atoms with Gasteiger partial charge in [0.15, 0.2) is 0 Å². The summed E-state index contributed by atoms with van der Waals surface area (Å²) in [6.07, 6.45) is 5.84. The number of rotatable bonds is 3. The molecule has 15 heavy (non-hydrogen) atoms. The molecule has 0 aromatic carbocycles. The molecule has 80 valence electrons. The van der Waals surface area contributed by atoms with Crippen LogP contribution < -0.4 is 0 Å². The molecule has 0 amide bonds. The Kier molecular flexibility index (Phi) is 2.86. The third-order valence-corrected chi connectivity index (χ3v) is 3.16. The predicted octanol–water partition coefficient (Wildman–Crippen LogP) is 2.82. The summed E-state index contributed by atoms with van der Waals surface area (Å²) in [5.41, 5.74) is 0. The van der Waals surface area contributed by atoms with Gasteiger partial charge in [-0.05, 0) is 6.92 Å². The molecule has 4 heteroatoms. The van der Waals surface area contributed by atoms with E-state index in [2.05, 4.69) is 28.4 Å². The lowest BCUT2D eigenvalue weighted by Gasteiger charge is -2.08. The van der Waals surface area contributed by atoms with Crippen molar-refractivity contribution >= 4 is 11.3 Å². The van der Waals surface area contributed by atoms with Gasteiger partial charge in [-0.1, -0.05) is 13.8 Å². The lowest BCUT2D eigenvalue weighted by molar-refractivity contribution is 0.674. The van der Waals surface area contributed by atoms with Crippen molar-refractivity contribution < 1.29 is 0 Å². The third kappa shape index (κ3) is 2.26. The van der Waals surface area contributed by atoms with Crippen LogP contribution in [0, 0.1) is 6.92 Å². The van der Waals surface area contributed by atoms with Gasteiger partial charge < -0.3 is 4.57 Å². The van der Waals surface area contributed by atoms with Crippen LogP contribution in [-0.2, 0) is 6.54 Å². The van der Waals surface area contributed by atoms with Gasteiger partial charge in [0.25, 0.3) is 0 Å². The summed E-state index contributed by atoms with van der Waals surface area (Å²) in [4.78, 5) is 9.91. The number of thiazole rings is 1. The first-order valence-corrected chi connectivity index (χ1v) is 5.91. The van der Waals surface area contributed by atoms with Crippen LogP contribution in [0.3, 0.4) is 0 Å². The van der Waals surface area contributed by atoms with Gasteiger partial charge in [0.05, 0.1) is 11.6 Å². The number of aromatic nitrogens is 3. The summed E-state index contributed by atoms with van der Waals surface area (Å²) in [6.45, 7) is 7.25. The summed E-state index contributed by atoms with van der Waals surface area (Å²) < 4.78 is 2.19. The highest BCUT2D eigenvalue weighted by molar-refractivity contribution is 7.11. The van der Waals surface area contributed by atoms with Crippen LogP contribution in [0.1, 0.15) is 35.5 Å². The Morgan fingerprint density at radius 2 is 2.20 bits per heavy atom. The van der Waals surface area contributed by atoms with Crippen LogP contribution in [0.25, 0.3) is 0 Å². The van der Waals surface area contributed by atoms with Crippen LogP contribution in [0.4, 0.5) is 0 Å². The first kappa shape index (κ1) is 10.4. The molecule has 0 fully saturated rings. The Labute approximate surface area is 93.8 Å². The van der Waals surface area contributed by atoms with Crippen molar-refractivity contribution in [2.45, 2.75) is 33.2 Å². The highest BCUT2D eigenvalue weighted by Gasteiger charge is 2.08. The van der Waals surface area contributed by atoms with Crippen molar-refractivity contribution in [3.05, 3.63) is 34.3 Å². The monoisotopic (exact) mass is 221 g/mol. The van der Waals surface area contributed by atoms with E-state index in [4.69, 9.17) is 0 Å². The Balaban J connectivity index is 2.20. The van der Waals surface area contributed by atoms with Crippen molar-refractivity contribution in [1.29, 1.82) is 0 Å². The Morgan fingerprint density at radius 1 is 1.40 bits per heavy atom. The molecule has 0 aliphatic rings. The van der Waals surface area contributed by atoms with E-state index in [0.717, 1.165) is 17.4 Å². The maximum atomic E-state index is 4.37. The quantitative estimate of drug-likeness (QED) is 0.798. The first-order chi connectivity index (χ1) is 7.16. The minimum Gasteiger partial charge on any atom is -0.329 e. The minimum absolute atomic E-state index is 0.467. The summed E-state index contributed by atoms with van der Waals surface area (Å²) in [6, 6.07) is 0. The van der Waals surface area contributed by atoms with E-state index in [1.807, 2.05) is 25.5 Å². The Bertz CT molecular complexity index is 442.